The molecule has 0 saturated heterocycles. The summed E-state index contributed by atoms with van der Waals surface area (Å²) in [4.78, 5) is 22.5. The molecule has 8 nitrogen and oxygen atoms in total. The van der Waals surface area contributed by atoms with Gasteiger partial charge in [0.15, 0.2) is 0 Å². The Morgan fingerprint density at radius 1 is 0.868 bits per heavy atom. The van der Waals surface area contributed by atoms with Crippen molar-refractivity contribution in [2.45, 2.75) is 116 Å². The number of nitrogens with one attached hydrogen (secondary N) is 1. The number of carbonyl (C=O) groups is 1. The van der Waals surface area contributed by atoms with E-state index >= 15 is 0 Å². The van der Waals surface area contributed by atoms with Gasteiger partial charge >= 0.3 is 7.82 Å². The average Bonchev–Trinajstić information content (AvgIpc) is 2.83. The molecule has 1 amide bonds. The molecule has 3 unspecified atom stereocenters. The van der Waals surface area contributed by atoms with Crippen LogP contribution in [0.5, 0.6) is 0 Å². The zero-order valence-corrected chi connectivity index (χ0v) is 25.8. The summed E-state index contributed by atoms with van der Waals surface area (Å²) in [5, 5.41) is 13.3. The average molecular weight is 562 g/mol. The van der Waals surface area contributed by atoms with Gasteiger partial charge in [-0.3, -0.25) is 13.8 Å². The Kier molecular flexibility index (Phi) is 22.1. The van der Waals surface area contributed by atoms with E-state index in [9.17, 15) is 19.4 Å². The Morgan fingerprint density at radius 3 is 2.08 bits per heavy atom. The van der Waals surface area contributed by atoms with Gasteiger partial charge in [-0.2, -0.15) is 0 Å². The van der Waals surface area contributed by atoms with E-state index < -0.39 is 20.0 Å². The third-order valence-corrected chi connectivity index (χ3v) is 7.13. The molecule has 0 rings (SSSR count). The summed E-state index contributed by atoms with van der Waals surface area (Å²) in [7, 11) is 1.55. The van der Waals surface area contributed by atoms with Gasteiger partial charge in [-0.15, -0.1) is 0 Å². The van der Waals surface area contributed by atoms with Crippen molar-refractivity contribution in [3.63, 3.8) is 0 Å². The van der Waals surface area contributed by atoms with E-state index in [0.717, 1.165) is 44.9 Å². The highest BCUT2D eigenvalue weighted by molar-refractivity contribution is 7.47. The van der Waals surface area contributed by atoms with Crippen LogP contribution in [0, 0.1) is 0 Å². The highest BCUT2D eigenvalue weighted by Gasteiger charge is 2.27. The van der Waals surface area contributed by atoms with Crippen LogP contribution in [-0.4, -0.2) is 73.4 Å². The Hall–Kier alpha value is -1.02. The van der Waals surface area contributed by atoms with Gasteiger partial charge in [0, 0.05) is 6.42 Å². The lowest BCUT2D eigenvalue weighted by Gasteiger charge is -2.25. The van der Waals surface area contributed by atoms with Crippen LogP contribution in [0.1, 0.15) is 104 Å². The number of allylic oxidation sites excluding steroid dienone is 3. The standard InChI is InChI=1S/C29H57N2O6P/c1-6-8-10-11-12-13-14-15-16-17-18-19-21-23-29(33)30-27(28(32)22-20-9-7-2)26-37-38(34,35)36-25-24-31(3,4)5/h13-14,20,22,27-28,32H,6-12,15-19,21,23-26H2,1-5H3,(H-,30,33,34,35)/p+1/b14-13-,22-20+. The van der Waals surface area contributed by atoms with E-state index in [0.29, 0.717) is 17.4 Å². The maximum Gasteiger partial charge on any atom is 0.472 e. The number of likely N-dealkylation sites (N-methyl/N-ethyl adjacent to an activating group) is 1. The van der Waals surface area contributed by atoms with Crippen LogP contribution in [0.25, 0.3) is 0 Å². The molecule has 224 valence electrons. The van der Waals surface area contributed by atoms with Gasteiger partial charge in [0.25, 0.3) is 0 Å². The molecule has 0 aliphatic rings. The van der Waals surface area contributed by atoms with Crippen LogP contribution >= 0.6 is 7.82 Å². The summed E-state index contributed by atoms with van der Waals surface area (Å²) in [6.45, 7) is 4.53. The van der Waals surface area contributed by atoms with Gasteiger partial charge < -0.3 is 19.8 Å². The van der Waals surface area contributed by atoms with Crippen LogP contribution in [0.15, 0.2) is 24.3 Å². The van der Waals surface area contributed by atoms with Crippen LogP contribution in [0.2, 0.25) is 0 Å². The summed E-state index contributed by atoms with van der Waals surface area (Å²) >= 11 is 0. The minimum Gasteiger partial charge on any atom is -0.387 e. The second-order valence-corrected chi connectivity index (χ2v) is 12.6. The normalized spacial score (nSPS) is 15.7. The molecular weight excluding hydrogens is 503 g/mol. The number of hydrogen-bond donors (Lipinski definition) is 3. The fourth-order valence-corrected chi connectivity index (χ4v) is 4.42. The maximum atomic E-state index is 12.5. The van der Waals surface area contributed by atoms with Gasteiger partial charge in [0.1, 0.15) is 13.2 Å². The first-order valence-electron chi connectivity index (χ1n) is 14.7. The molecule has 38 heavy (non-hydrogen) atoms. The second-order valence-electron chi connectivity index (χ2n) is 11.1. The summed E-state index contributed by atoms with van der Waals surface area (Å²) in [6, 6.07) is -0.841. The fraction of sp³-hybridized carbons (Fsp3) is 0.828. The molecule has 0 radical (unpaired) electrons. The monoisotopic (exact) mass is 561 g/mol. The molecular formula is C29H58N2O6P+. The molecule has 0 heterocycles. The minimum atomic E-state index is -4.30. The zero-order valence-electron chi connectivity index (χ0n) is 24.9. The van der Waals surface area contributed by atoms with E-state index in [-0.39, 0.29) is 19.1 Å². The molecule has 0 spiro atoms. The first-order chi connectivity index (χ1) is 18.0. The summed E-state index contributed by atoms with van der Waals surface area (Å²) in [5.74, 6) is -0.203. The van der Waals surface area contributed by atoms with Crippen LogP contribution in [0.3, 0.4) is 0 Å². The van der Waals surface area contributed by atoms with Crippen molar-refractivity contribution in [1.29, 1.82) is 0 Å². The van der Waals surface area contributed by atoms with E-state index in [4.69, 9.17) is 9.05 Å². The van der Waals surface area contributed by atoms with Crippen molar-refractivity contribution >= 4 is 13.7 Å². The molecule has 9 heteroatoms. The van der Waals surface area contributed by atoms with Gasteiger partial charge in [-0.05, 0) is 38.5 Å². The quantitative estimate of drug-likeness (QED) is 0.0524. The SMILES string of the molecule is CCC/C=C/C(O)C(COP(=O)(O)OCC[N+](C)(C)C)NC(=O)CCCCCCC/C=C\CCCCCC. The number of hydrogen-bond acceptors (Lipinski definition) is 5. The van der Waals surface area contributed by atoms with Crippen LogP contribution in [-0.2, 0) is 18.4 Å². The summed E-state index contributed by atoms with van der Waals surface area (Å²) in [5.41, 5.74) is 0. The molecule has 0 aromatic rings. The number of quaternary nitrogens is 1. The lowest BCUT2D eigenvalue weighted by molar-refractivity contribution is -0.870. The van der Waals surface area contributed by atoms with Gasteiger partial charge in [0.05, 0.1) is 39.9 Å². The third kappa shape index (κ3) is 24.1. The van der Waals surface area contributed by atoms with Crippen molar-refractivity contribution < 1.29 is 32.9 Å². The van der Waals surface area contributed by atoms with Crippen molar-refractivity contribution in [2.24, 2.45) is 0 Å². The highest BCUT2D eigenvalue weighted by Crippen LogP contribution is 2.43. The smallest absolute Gasteiger partial charge is 0.387 e. The number of aliphatic hydroxyl groups excluding tert-OH is 1. The number of carbonyl (C=O) groups excluding carboxylic acids is 1. The lowest BCUT2D eigenvalue weighted by atomic mass is 10.1. The number of phosphoric ester groups is 1. The molecule has 0 saturated carbocycles. The van der Waals surface area contributed by atoms with E-state index in [1.807, 2.05) is 34.1 Å². The number of phosphoric acid groups is 1. The van der Waals surface area contributed by atoms with Gasteiger partial charge in [-0.25, -0.2) is 4.57 Å². The molecule has 0 aliphatic carbocycles. The largest absolute Gasteiger partial charge is 0.472 e. The molecule has 0 fully saturated rings. The van der Waals surface area contributed by atoms with Gasteiger partial charge in [-0.1, -0.05) is 83.1 Å². The molecule has 0 aromatic carbocycles. The van der Waals surface area contributed by atoms with Crippen LogP contribution < -0.4 is 5.32 Å². The Morgan fingerprint density at radius 2 is 1.47 bits per heavy atom. The molecule has 0 bridgehead atoms. The lowest BCUT2D eigenvalue weighted by Crippen LogP contribution is -2.45. The number of amides is 1. The van der Waals surface area contributed by atoms with Crippen molar-refractivity contribution in [3.8, 4) is 0 Å². The Bertz CT molecular complexity index is 693. The topological polar surface area (TPSA) is 105 Å². The summed E-state index contributed by atoms with van der Waals surface area (Å²) < 4.78 is 23.0. The van der Waals surface area contributed by atoms with Crippen molar-refractivity contribution in [2.75, 3.05) is 40.9 Å². The minimum absolute atomic E-state index is 0.0581. The zero-order chi connectivity index (χ0) is 28.7. The Labute approximate surface area is 233 Å². The third-order valence-electron chi connectivity index (χ3n) is 6.15. The predicted octanol–water partition coefficient (Wildman–Crippen LogP) is 6.29. The van der Waals surface area contributed by atoms with E-state index in [1.54, 1.807) is 6.08 Å². The van der Waals surface area contributed by atoms with E-state index in [1.165, 1.54) is 38.5 Å². The first kappa shape index (κ1) is 37.0. The maximum absolute atomic E-state index is 12.5. The number of aliphatic hydroxyl groups is 1. The first-order valence-corrected chi connectivity index (χ1v) is 16.2. The molecule has 3 N–H and O–H groups in total. The molecule has 0 aromatic heterocycles. The predicted molar refractivity (Wildman–Crippen MR) is 157 cm³/mol. The number of unbranched alkanes of at least 4 members (excludes halogenated alkanes) is 10. The highest BCUT2D eigenvalue weighted by atomic mass is 31.2. The number of nitrogens with zero attached hydrogens (tertiary/aromatic N) is 1. The van der Waals surface area contributed by atoms with E-state index in [2.05, 4.69) is 24.4 Å². The van der Waals surface area contributed by atoms with Crippen LogP contribution in [0.4, 0.5) is 0 Å². The molecule has 3 atom stereocenters. The number of rotatable bonds is 25. The molecule has 0 aliphatic heterocycles. The second kappa shape index (κ2) is 22.8. The van der Waals surface area contributed by atoms with Crippen molar-refractivity contribution in [3.05, 3.63) is 24.3 Å². The fourth-order valence-electron chi connectivity index (χ4n) is 3.69. The van der Waals surface area contributed by atoms with Crippen molar-refractivity contribution in [1.82, 2.24) is 5.32 Å². The summed E-state index contributed by atoms with van der Waals surface area (Å²) in [6.07, 6.45) is 21.7. The van der Waals surface area contributed by atoms with Gasteiger partial charge in [0.2, 0.25) is 5.91 Å². The Balaban J connectivity index is 4.38.